The minimum Gasteiger partial charge on any atom is -0.354 e. The van der Waals surface area contributed by atoms with E-state index >= 15 is 0 Å². The predicted molar refractivity (Wildman–Crippen MR) is 76.6 cm³/mol. The number of hydrogen-bond acceptors (Lipinski definition) is 2. The van der Waals surface area contributed by atoms with Crippen LogP contribution in [0.15, 0.2) is 0 Å². The van der Waals surface area contributed by atoms with Gasteiger partial charge in [0.2, 0.25) is 11.8 Å². The fraction of sp³-hybridized carbons (Fsp3) is 0.867. The average Bonchev–Trinajstić information content (AvgIpc) is 2.52. The second kappa shape index (κ2) is 6.92. The monoisotopic (exact) mass is 268 g/mol. The molecule has 1 saturated heterocycles. The molecule has 0 radical (unpaired) electrons. The van der Waals surface area contributed by atoms with Gasteiger partial charge >= 0.3 is 0 Å². The molecule has 0 spiro atoms. The summed E-state index contributed by atoms with van der Waals surface area (Å²) in [5.74, 6) is 0.550. The molecule has 110 valence electrons. The predicted octanol–water partition coefficient (Wildman–Crippen LogP) is 2.23. The lowest BCUT2D eigenvalue weighted by molar-refractivity contribution is -0.134. The molecule has 1 atom stereocenters. The molecule has 1 fully saturated rings. The van der Waals surface area contributed by atoms with Gasteiger partial charge in [-0.1, -0.05) is 27.7 Å². The molecule has 0 aromatic heterocycles. The topological polar surface area (TPSA) is 58.2 Å². The number of carbonyl (C=O) groups excluding carboxylic acids is 2. The standard InChI is InChI=1S/C15H28N2O2/c1-11(2)8-9-15(3,4)14(19)17-12-7-5-6-10-16-13(12)18/h11-12H,5-10H2,1-4H3,(H,16,18)(H,17,19)/t12-/m0/s1. The van der Waals surface area contributed by atoms with Crippen molar-refractivity contribution in [2.75, 3.05) is 6.54 Å². The lowest BCUT2D eigenvalue weighted by Crippen LogP contribution is -2.49. The van der Waals surface area contributed by atoms with Crippen LogP contribution in [0.5, 0.6) is 0 Å². The zero-order valence-electron chi connectivity index (χ0n) is 12.7. The third-order valence-electron chi connectivity index (χ3n) is 3.80. The Hall–Kier alpha value is -1.06. The molecule has 0 aromatic rings. The van der Waals surface area contributed by atoms with Gasteiger partial charge in [-0.3, -0.25) is 9.59 Å². The lowest BCUT2D eigenvalue weighted by Gasteiger charge is -2.27. The van der Waals surface area contributed by atoms with E-state index < -0.39 is 5.41 Å². The van der Waals surface area contributed by atoms with Gasteiger partial charge in [-0.05, 0) is 38.0 Å². The Morgan fingerprint density at radius 1 is 1.42 bits per heavy atom. The minimum atomic E-state index is -0.406. The summed E-state index contributed by atoms with van der Waals surface area (Å²) in [6.07, 6.45) is 4.60. The van der Waals surface area contributed by atoms with Crippen LogP contribution in [-0.4, -0.2) is 24.4 Å². The quantitative estimate of drug-likeness (QED) is 0.803. The van der Waals surface area contributed by atoms with Gasteiger partial charge in [0, 0.05) is 12.0 Å². The van der Waals surface area contributed by atoms with Crippen molar-refractivity contribution in [3.05, 3.63) is 0 Å². The Morgan fingerprint density at radius 3 is 2.74 bits per heavy atom. The molecule has 1 aliphatic heterocycles. The Balaban J connectivity index is 2.54. The molecule has 1 heterocycles. The van der Waals surface area contributed by atoms with Gasteiger partial charge in [0.25, 0.3) is 0 Å². The molecule has 1 aliphatic rings. The van der Waals surface area contributed by atoms with Gasteiger partial charge < -0.3 is 10.6 Å². The van der Waals surface area contributed by atoms with Gasteiger partial charge in [0.1, 0.15) is 6.04 Å². The molecule has 1 rings (SSSR count). The molecule has 4 nitrogen and oxygen atoms in total. The van der Waals surface area contributed by atoms with Crippen molar-refractivity contribution in [2.45, 2.75) is 65.8 Å². The number of amides is 2. The molecule has 2 N–H and O–H groups in total. The van der Waals surface area contributed by atoms with Crippen LogP contribution in [-0.2, 0) is 9.59 Å². The van der Waals surface area contributed by atoms with Crippen molar-refractivity contribution < 1.29 is 9.59 Å². The summed E-state index contributed by atoms with van der Waals surface area (Å²) < 4.78 is 0. The molecule has 2 amide bonds. The van der Waals surface area contributed by atoms with E-state index in [4.69, 9.17) is 0 Å². The van der Waals surface area contributed by atoms with Crippen LogP contribution in [0.4, 0.5) is 0 Å². The molecule has 4 heteroatoms. The van der Waals surface area contributed by atoms with E-state index in [0.717, 1.165) is 38.6 Å². The second-order valence-electron chi connectivity index (χ2n) is 6.63. The van der Waals surface area contributed by atoms with E-state index in [1.807, 2.05) is 13.8 Å². The second-order valence-corrected chi connectivity index (χ2v) is 6.63. The van der Waals surface area contributed by atoms with Crippen LogP contribution in [0.3, 0.4) is 0 Å². The molecule has 0 unspecified atom stereocenters. The fourth-order valence-corrected chi connectivity index (χ4v) is 2.19. The van der Waals surface area contributed by atoms with E-state index in [-0.39, 0.29) is 17.9 Å². The highest BCUT2D eigenvalue weighted by molar-refractivity contribution is 5.89. The Morgan fingerprint density at radius 2 is 2.11 bits per heavy atom. The van der Waals surface area contributed by atoms with Crippen molar-refractivity contribution in [1.29, 1.82) is 0 Å². The number of carbonyl (C=O) groups is 2. The van der Waals surface area contributed by atoms with Gasteiger partial charge in [-0.2, -0.15) is 0 Å². The first-order valence-corrected chi connectivity index (χ1v) is 7.41. The van der Waals surface area contributed by atoms with Crippen molar-refractivity contribution in [3.8, 4) is 0 Å². The summed E-state index contributed by atoms with van der Waals surface area (Å²) >= 11 is 0. The molecule has 19 heavy (non-hydrogen) atoms. The number of nitrogens with one attached hydrogen (secondary N) is 2. The minimum absolute atomic E-state index is 0.00444. The Kier molecular flexibility index (Phi) is 5.83. The van der Waals surface area contributed by atoms with Crippen molar-refractivity contribution >= 4 is 11.8 Å². The molecule has 0 bridgehead atoms. The molecule has 0 saturated carbocycles. The van der Waals surface area contributed by atoms with E-state index in [0.29, 0.717) is 5.92 Å². The van der Waals surface area contributed by atoms with Crippen LogP contribution in [0.25, 0.3) is 0 Å². The smallest absolute Gasteiger partial charge is 0.242 e. The van der Waals surface area contributed by atoms with E-state index in [1.165, 1.54) is 0 Å². The fourth-order valence-electron chi connectivity index (χ4n) is 2.19. The summed E-state index contributed by atoms with van der Waals surface area (Å²) in [6.45, 7) is 8.96. The van der Waals surface area contributed by atoms with Crippen LogP contribution >= 0.6 is 0 Å². The molecule has 0 aromatic carbocycles. The van der Waals surface area contributed by atoms with Crippen LogP contribution in [0.2, 0.25) is 0 Å². The maximum Gasteiger partial charge on any atom is 0.242 e. The van der Waals surface area contributed by atoms with Gasteiger partial charge in [0.05, 0.1) is 0 Å². The summed E-state index contributed by atoms with van der Waals surface area (Å²) in [5.41, 5.74) is -0.406. The average molecular weight is 268 g/mol. The van der Waals surface area contributed by atoms with Crippen molar-refractivity contribution in [2.24, 2.45) is 11.3 Å². The normalized spacial score (nSPS) is 20.9. The summed E-state index contributed by atoms with van der Waals surface area (Å²) in [6, 6.07) is -0.353. The lowest BCUT2D eigenvalue weighted by atomic mass is 9.84. The zero-order chi connectivity index (χ0) is 14.5. The first-order chi connectivity index (χ1) is 8.83. The third kappa shape index (κ3) is 5.21. The van der Waals surface area contributed by atoms with E-state index in [2.05, 4.69) is 24.5 Å². The van der Waals surface area contributed by atoms with Crippen molar-refractivity contribution in [3.63, 3.8) is 0 Å². The van der Waals surface area contributed by atoms with Crippen LogP contribution < -0.4 is 10.6 Å². The molecular weight excluding hydrogens is 240 g/mol. The van der Waals surface area contributed by atoms with Crippen molar-refractivity contribution in [1.82, 2.24) is 10.6 Å². The Labute approximate surface area is 116 Å². The van der Waals surface area contributed by atoms with Gasteiger partial charge in [0.15, 0.2) is 0 Å². The van der Waals surface area contributed by atoms with Gasteiger partial charge in [-0.15, -0.1) is 0 Å². The highest BCUT2D eigenvalue weighted by Gasteiger charge is 2.31. The largest absolute Gasteiger partial charge is 0.354 e. The summed E-state index contributed by atoms with van der Waals surface area (Å²) in [5, 5.41) is 5.77. The zero-order valence-corrected chi connectivity index (χ0v) is 12.7. The summed E-state index contributed by atoms with van der Waals surface area (Å²) in [7, 11) is 0. The first kappa shape index (κ1) is 16.0. The first-order valence-electron chi connectivity index (χ1n) is 7.41. The van der Waals surface area contributed by atoms with E-state index in [1.54, 1.807) is 0 Å². The van der Waals surface area contributed by atoms with Crippen LogP contribution in [0.1, 0.15) is 59.8 Å². The van der Waals surface area contributed by atoms with E-state index in [9.17, 15) is 9.59 Å². The summed E-state index contributed by atoms with van der Waals surface area (Å²) in [4.78, 5) is 24.1. The van der Waals surface area contributed by atoms with Gasteiger partial charge in [-0.25, -0.2) is 0 Å². The SMILES string of the molecule is CC(C)CCC(C)(C)C(=O)N[C@H]1CCCCNC1=O. The maximum absolute atomic E-state index is 12.3. The highest BCUT2D eigenvalue weighted by atomic mass is 16.2. The Bertz CT molecular complexity index is 324. The highest BCUT2D eigenvalue weighted by Crippen LogP contribution is 2.25. The van der Waals surface area contributed by atoms with Crippen LogP contribution in [0, 0.1) is 11.3 Å². The molecule has 0 aliphatic carbocycles. The molecular formula is C15H28N2O2. The number of hydrogen-bond donors (Lipinski definition) is 2. The third-order valence-corrected chi connectivity index (χ3v) is 3.80. The number of rotatable bonds is 5. The maximum atomic E-state index is 12.3.